The second kappa shape index (κ2) is 10.0. The zero-order chi connectivity index (χ0) is 17.7. The van der Waals surface area contributed by atoms with Crippen LogP contribution in [0.4, 0.5) is 0 Å². The van der Waals surface area contributed by atoms with E-state index in [1.54, 1.807) is 13.0 Å². The van der Waals surface area contributed by atoms with Gasteiger partial charge in [0.1, 0.15) is 23.6 Å². The number of nitrogens with one attached hydrogen (secondary N) is 1. The van der Waals surface area contributed by atoms with Crippen LogP contribution in [0, 0.1) is 18.8 Å². The molecule has 2 atom stereocenters. The fourth-order valence-corrected chi connectivity index (χ4v) is 3.35. The van der Waals surface area contributed by atoms with Gasteiger partial charge in [-0.3, -0.25) is 0 Å². The smallest absolute Gasteiger partial charge is 0.341 e. The number of aliphatic imine (C=N–C) groups is 1. The van der Waals surface area contributed by atoms with Crippen LogP contribution in [0.25, 0.3) is 0 Å². The van der Waals surface area contributed by atoms with Gasteiger partial charge in [0.05, 0.1) is 7.11 Å². The molecule has 2 unspecified atom stereocenters. The van der Waals surface area contributed by atoms with E-state index in [-0.39, 0.29) is 29.9 Å². The van der Waals surface area contributed by atoms with E-state index in [1.807, 2.05) is 0 Å². The van der Waals surface area contributed by atoms with Crippen molar-refractivity contribution in [1.29, 1.82) is 0 Å². The molecule has 1 aliphatic heterocycles. The zero-order valence-corrected chi connectivity index (χ0v) is 18.1. The lowest BCUT2D eigenvalue weighted by Crippen LogP contribution is -2.48. The minimum absolute atomic E-state index is 0. The van der Waals surface area contributed by atoms with E-state index in [9.17, 15) is 4.79 Å². The topological polar surface area (TPSA) is 67.1 Å². The van der Waals surface area contributed by atoms with E-state index in [1.165, 1.54) is 13.5 Å². The van der Waals surface area contributed by atoms with Gasteiger partial charge in [-0.25, -0.2) is 9.79 Å². The second-order valence-corrected chi connectivity index (χ2v) is 6.70. The summed E-state index contributed by atoms with van der Waals surface area (Å²) < 4.78 is 10.4. The standard InChI is InChI=1S/C18H29N3O3.HI/c1-6-19-18(21-10-12(2)7-13(3)11-21)20-9-15-8-16(14(4)24-15)17(22)23-5;/h8,12-13H,6-7,9-11H2,1-5H3,(H,19,20);1H. The van der Waals surface area contributed by atoms with Crippen LogP contribution in [-0.4, -0.2) is 43.6 Å². The summed E-state index contributed by atoms with van der Waals surface area (Å²) in [6, 6.07) is 1.72. The van der Waals surface area contributed by atoms with Crippen molar-refractivity contribution in [3.8, 4) is 0 Å². The molecule has 0 spiro atoms. The largest absolute Gasteiger partial charge is 0.465 e. The summed E-state index contributed by atoms with van der Waals surface area (Å²) in [4.78, 5) is 18.7. The van der Waals surface area contributed by atoms with E-state index in [4.69, 9.17) is 14.1 Å². The molecule has 1 fully saturated rings. The van der Waals surface area contributed by atoms with Crippen LogP contribution in [0.5, 0.6) is 0 Å². The second-order valence-electron chi connectivity index (χ2n) is 6.70. The number of aryl methyl sites for hydroxylation is 1. The summed E-state index contributed by atoms with van der Waals surface area (Å²) in [7, 11) is 1.37. The zero-order valence-electron chi connectivity index (χ0n) is 15.8. The fourth-order valence-electron chi connectivity index (χ4n) is 3.35. The van der Waals surface area contributed by atoms with Crippen molar-refractivity contribution in [3.05, 3.63) is 23.2 Å². The Morgan fingerprint density at radius 1 is 1.40 bits per heavy atom. The quantitative estimate of drug-likeness (QED) is 0.321. The number of carbonyl (C=O) groups excluding carboxylic acids is 1. The molecule has 0 amide bonds. The normalized spacial score (nSPS) is 20.8. The fraction of sp³-hybridized carbons (Fsp3) is 0.667. The van der Waals surface area contributed by atoms with Crippen molar-refractivity contribution >= 4 is 35.9 Å². The summed E-state index contributed by atoms with van der Waals surface area (Å²) in [5.74, 6) is 3.09. The minimum atomic E-state index is -0.378. The molecule has 1 aliphatic rings. The lowest BCUT2D eigenvalue weighted by atomic mass is 9.92. The molecule has 0 radical (unpaired) electrons. The number of hydrogen-bond donors (Lipinski definition) is 1. The Hall–Kier alpha value is -1.25. The molecule has 25 heavy (non-hydrogen) atoms. The molecular formula is C18H30IN3O3. The molecule has 0 bridgehead atoms. The van der Waals surface area contributed by atoms with Crippen LogP contribution >= 0.6 is 24.0 Å². The van der Waals surface area contributed by atoms with Gasteiger partial charge in [0.2, 0.25) is 0 Å². The highest BCUT2D eigenvalue weighted by Gasteiger charge is 2.24. The summed E-state index contributed by atoms with van der Waals surface area (Å²) in [6.07, 6.45) is 1.26. The number of likely N-dealkylation sites (tertiary alicyclic amines) is 1. The Morgan fingerprint density at radius 3 is 2.60 bits per heavy atom. The van der Waals surface area contributed by atoms with Gasteiger partial charge in [-0.1, -0.05) is 13.8 Å². The Bertz CT molecular complexity index is 590. The number of carbonyl (C=O) groups is 1. The Morgan fingerprint density at radius 2 is 2.04 bits per heavy atom. The first-order valence-corrected chi connectivity index (χ1v) is 8.65. The summed E-state index contributed by atoms with van der Waals surface area (Å²) in [6.45, 7) is 11.6. The highest BCUT2D eigenvalue weighted by molar-refractivity contribution is 14.0. The average Bonchev–Trinajstić information content (AvgIpc) is 2.90. The Labute approximate surface area is 167 Å². The summed E-state index contributed by atoms with van der Waals surface area (Å²) in [5.41, 5.74) is 0.466. The third kappa shape index (κ3) is 5.90. The predicted molar refractivity (Wildman–Crippen MR) is 110 cm³/mol. The van der Waals surface area contributed by atoms with Gasteiger partial charge < -0.3 is 19.4 Å². The van der Waals surface area contributed by atoms with Crippen LogP contribution in [-0.2, 0) is 11.3 Å². The number of halogens is 1. The van der Waals surface area contributed by atoms with E-state index in [0.29, 0.717) is 35.5 Å². The molecule has 0 saturated carbocycles. The van der Waals surface area contributed by atoms with Gasteiger partial charge in [-0.05, 0) is 38.2 Å². The maximum Gasteiger partial charge on any atom is 0.341 e. The Balaban J connectivity index is 0.00000312. The summed E-state index contributed by atoms with van der Waals surface area (Å²) >= 11 is 0. The first kappa shape index (κ1) is 21.8. The highest BCUT2D eigenvalue weighted by Crippen LogP contribution is 2.21. The van der Waals surface area contributed by atoms with E-state index < -0.39 is 0 Å². The lowest BCUT2D eigenvalue weighted by molar-refractivity contribution is 0.0599. The number of methoxy groups -OCH3 is 1. The van der Waals surface area contributed by atoms with Crippen LogP contribution < -0.4 is 5.32 Å². The molecule has 1 saturated heterocycles. The van der Waals surface area contributed by atoms with Crippen molar-refractivity contribution in [2.24, 2.45) is 16.8 Å². The van der Waals surface area contributed by atoms with Gasteiger partial charge in [-0.15, -0.1) is 24.0 Å². The molecule has 1 aromatic heterocycles. The number of guanidine groups is 1. The third-order valence-electron chi connectivity index (χ3n) is 4.26. The molecule has 7 heteroatoms. The molecule has 0 aliphatic carbocycles. The first-order valence-electron chi connectivity index (χ1n) is 8.65. The number of ether oxygens (including phenoxy) is 1. The molecule has 2 heterocycles. The van der Waals surface area contributed by atoms with Crippen molar-refractivity contribution in [2.45, 2.75) is 40.7 Å². The number of esters is 1. The van der Waals surface area contributed by atoms with Crippen LogP contribution in [0.2, 0.25) is 0 Å². The number of rotatable bonds is 4. The summed E-state index contributed by atoms with van der Waals surface area (Å²) in [5, 5.41) is 3.36. The highest BCUT2D eigenvalue weighted by atomic mass is 127. The number of piperidine rings is 1. The van der Waals surface area contributed by atoms with E-state index in [2.05, 4.69) is 31.0 Å². The molecule has 6 nitrogen and oxygen atoms in total. The molecule has 2 rings (SSSR count). The Kier molecular flexibility index (Phi) is 8.75. The minimum Gasteiger partial charge on any atom is -0.465 e. The van der Waals surface area contributed by atoms with Gasteiger partial charge in [0, 0.05) is 19.6 Å². The molecule has 0 aromatic carbocycles. The van der Waals surface area contributed by atoms with Crippen molar-refractivity contribution in [1.82, 2.24) is 10.2 Å². The maximum absolute atomic E-state index is 11.7. The van der Waals surface area contributed by atoms with Gasteiger partial charge in [-0.2, -0.15) is 0 Å². The van der Waals surface area contributed by atoms with Gasteiger partial charge in [0.25, 0.3) is 0 Å². The SMILES string of the molecule is CCNC(=NCc1cc(C(=O)OC)c(C)o1)N1CC(C)CC(C)C1.I. The van der Waals surface area contributed by atoms with E-state index in [0.717, 1.165) is 25.6 Å². The monoisotopic (exact) mass is 463 g/mol. The number of furan rings is 1. The molecule has 1 aromatic rings. The third-order valence-corrected chi connectivity index (χ3v) is 4.26. The van der Waals surface area contributed by atoms with E-state index >= 15 is 0 Å². The van der Waals surface area contributed by atoms with Crippen LogP contribution in [0.15, 0.2) is 15.5 Å². The average molecular weight is 463 g/mol. The first-order chi connectivity index (χ1) is 11.4. The number of nitrogens with zero attached hydrogens (tertiary/aromatic N) is 2. The number of hydrogen-bond acceptors (Lipinski definition) is 4. The van der Waals surface area contributed by atoms with Crippen LogP contribution in [0.3, 0.4) is 0 Å². The van der Waals surface area contributed by atoms with Crippen molar-refractivity contribution in [3.63, 3.8) is 0 Å². The van der Waals surface area contributed by atoms with Crippen molar-refractivity contribution < 1.29 is 13.9 Å². The molecule has 142 valence electrons. The van der Waals surface area contributed by atoms with Crippen LogP contribution in [0.1, 0.15) is 49.1 Å². The predicted octanol–water partition coefficient (Wildman–Crippen LogP) is 3.44. The maximum atomic E-state index is 11.7. The molecule has 1 N–H and O–H groups in total. The van der Waals surface area contributed by atoms with Gasteiger partial charge in [0.15, 0.2) is 5.96 Å². The molecular weight excluding hydrogens is 433 g/mol. The van der Waals surface area contributed by atoms with Crippen molar-refractivity contribution in [2.75, 3.05) is 26.7 Å². The van der Waals surface area contributed by atoms with Gasteiger partial charge >= 0.3 is 5.97 Å². The lowest BCUT2D eigenvalue weighted by Gasteiger charge is -2.37.